The summed E-state index contributed by atoms with van der Waals surface area (Å²) in [5.41, 5.74) is 2.48. The molecular formula is C25H36N2O4S. The van der Waals surface area contributed by atoms with E-state index >= 15 is 0 Å². The van der Waals surface area contributed by atoms with Crippen LogP contribution in [0.4, 0.5) is 0 Å². The van der Waals surface area contributed by atoms with E-state index < -0.39 is 15.7 Å². The molecule has 0 radical (unpaired) electrons. The van der Waals surface area contributed by atoms with Gasteiger partial charge in [-0.1, -0.05) is 24.3 Å². The molecule has 6 nitrogen and oxygen atoms in total. The van der Waals surface area contributed by atoms with Gasteiger partial charge in [-0.05, 0) is 70.4 Å². The number of benzene rings is 2. The number of hydrogen-bond acceptors (Lipinski definition) is 4. The molecule has 1 N–H and O–H groups in total. The highest BCUT2D eigenvalue weighted by Gasteiger charge is 2.26. The fourth-order valence-electron chi connectivity index (χ4n) is 3.41. The maximum absolute atomic E-state index is 13.1. The number of rotatable bonds is 10. The number of nitrogens with zero attached hydrogens (tertiary/aromatic N) is 1. The Kier molecular flexibility index (Phi) is 9.28. The van der Waals surface area contributed by atoms with Gasteiger partial charge in [-0.25, -0.2) is 8.93 Å². The highest BCUT2D eigenvalue weighted by Crippen LogP contribution is 2.32. The number of hydrogen-bond donors (Lipinski definition) is 1. The molecular weight excluding hydrogens is 424 g/mol. The van der Waals surface area contributed by atoms with Crippen molar-refractivity contribution in [3.05, 3.63) is 59.2 Å². The summed E-state index contributed by atoms with van der Waals surface area (Å²) in [7, 11) is 1.88. The average Bonchev–Trinajstić information content (AvgIpc) is 2.78. The van der Waals surface area contributed by atoms with Crippen molar-refractivity contribution in [1.29, 1.82) is 0 Å². The van der Waals surface area contributed by atoms with E-state index in [1.54, 1.807) is 14.2 Å². The fourth-order valence-corrected chi connectivity index (χ4v) is 4.24. The second kappa shape index (κ2) is 11.5. The van der Waals surface area contributed by atoms with Gasteiger partial charge in [0, 0.05) is 24.7 Å². The molecule has 32 heavy (non-hydrogen) atoms. The number of nitrogens with one attached hydrogen (secondary N) is 1. The Morgan fingerprint density at radius 1 is 1.03 bits per heavy atom. The molecule has 0 heterocycles. The van der Waals surface area contributed by atoms with Gasteiger partial charge in [-0.15, -0.1) is 0 Å². The largest absolute Gasteiger partial charge is 0.493 e. The van der Waals surface area contributed by atoms with Crippen LogP contribution in [0.2, 0.25) is 0 Å². The van der Waals surface area contributed by atoms with Gasteiger partial charge in [0.15, 0.2) is 11.5 Å². The molecule has 2 atom stereocenters. The highest BCUT2D eigenvalue weighted by atomic mass is 32.2. The summed E-state index contributed by atoms with van der Waals surface area (Å²) in [6.07, 6.45) is 0.500. The van der Waals surface area contributed by atoms with E-state index in [9.17, 15) is 9.00 Å². The van der Waals surface area contributed by atoms with Crippen LogP contribution in [0.15, 0.2) is 42.5 Å². The Labute approximate surface area is 194 Å². The van der Waals surface area contributed by atoms with Crippen molar-refractivity contribution in [3.63, 3.8) is 0 Å². The standard InChI is InChI=1S/C25H36N2O4S/c1-8-27(9-2)24(28)20-13-11-10-12-18(20)16-21(26-32(29)25(3,4)5)19-14-15-22(30-6)23(17-19)31-7/h10-15,17,21,26H,8-9,16H2,1-7H3/t21-,32-/m0/s1. The van der Waals surface area contributed by atoms with Gasteiger partial charge < -0.3 is 14.4 Å². The normalized spacial score (nSPS) is 13.3. The monoisotopic (exact) mass is 460 g/mol. The van der Waals surface area contributed by atoms with Crippen molar-refractivity contribution in [2.45, 2.75) is 51.8 Å². The minimum Gasteiger partial charge on any atom is -0.493 e. The van der Waals surface area contributed by atoms with Gasteiger partial charge in [0.2, 0.25) is 0 Å². The molecule has 0 spiro atoms. The first kappa shape index (κ1) is 25.9. The highest BCUT2D eigenvalue weighted by molar-refractivity contribution is 7.84. The van der Waals surface area contributed by atoms with Crippen molar-refractivity contribution >= 4 is 16.9 Å². The van der Waals surface area contributed by atoms with E-state index in [1.807, 2.05) is 82.0 Å². The quantitative estimate of drug-likeness (QED) is 0.566. The van der Waals surface area contributed by atoms with Crippen LogP contribution < -0.4 is 14.2 Å². The van der Waals surface area contributed by atoms with Gasteiger partial charge in [0.25, 0.3) is 5.91 Å². The van der Waals surface area contributed by atoms with E-state index in [1.165, 1.54) is 0 Å². The molecule has 7 heteroatoms. The van der Waals surface area contributed by atoms with Crippen molar-refractivity contribution in [1.82, 2.24) is 9.62 Å². The maximum Gasteiger partial charge on any atom is 0.254 e. The molecule has 0 bridgehead atoms. The summed E-state index contributed by atoms with van der Waals surface area (Å²) in [5, 5.41) is 0. The molecule has 0 aliphatic carbocycles. The first-order valence-electron chi connectivity index (χ1n) is 10.9. The van der Waals surface area contributed by atoms with Crippen LogP contribution in [0, 0.1) is 0 Å². The molecule has 0 aliphatic rings. The van der Waals surface area contributed by atoms with Gasteiger partial charge in [-0.3, -0.25) is 4.79 Å². The van der Waals surface area contributed by atoms with Crippen molar-refractivity contribution < 1.29 is 18.5 Å². The summed E-state index contributed by atoms with van der Waals surface area (Å²) in [5.74, 6) is 1.24. The number of carbonyl (C=O) groups excluding carboxylic acids is 1. The lowest BCUT2D eigenvalue weighted by atomic mass is 9.95. The predicted molar refractivity (Wildman–Crippen MR) is 131 cm³/mol. The van der Waals surface area contributed by atoms with Crippen molar-refractivity contribution in [2.75, 3.05) is 27.3 Å². The summed E-state index contributed by atoms with van der Waals surface area (Å²) in [6.45, 7) is 11.0. The average molecular weight is 461 g/mol. The van der Waals surface area contributed by atoms with Crippen LogP contribution in [-0.2, 0) is 17.4 Å². The second-order valence-electron chi connectivity index (χ2n) is 8.50. The number of carbonyl (C=O) groups is 1. The summed E-state index contributed by atoms with van der Waals surface area (Å²) < 4.78 is 26.7. The first-order valence-corrected chi connectivity index (χ1v) is 12.1. The SMILES string of the molecule is CCN(CC)C(=O)c1ccccc1C[C@H](N[S@@](=O)C(C)(C)C)c1ccc(OC)c(OC)c1. The topological polar surface area (TPSA) is 67.9 Å². The molecule has 0 aliphatic heterocycles. The number of ether oxygens (including phenoxy) is 2. The molecule has 0 unspecified atom stereocenters. The summed E-state index contributed by atoms with van der Waals surface area (Å²) >= 11 is 0. The zero-order chi connectivity index (χ0) is 23.9. The fraction of sp³-hybridized carbons (Fsp3) is 0.480. The minimum atomic E-state index is -1.30. The third-order valence-electron chi connectivity index (χ3n) is 5.34. The predicted octanol–water partition coefficient (Wildman–Crippen LogP) is 4.52. The minimum absolute atomic E-state index is 0.00797. The van der Waals surface area contributed by atoms with Gasteiger partial charge in [-0.2, -0.15) is 0 Å². The lowest BCUT2D eigenvalue weighted by Gasteiger charge is -2.26. The zero-order valence-corrected chi connectivity index (χ0v) is 21.0. The maximum atomic E-state index is 13.1. The lowest BCUT2D eigenvalue weighted by molar-refractivity contribution is 0.0771. The zero-order valence-electron chi connectivity index (χ0n) is 20.2. The number of methoxy groups -OCH3 is 2. The Balaban J connectivity index is 2.49. The molecule has 2 rings (SSSR count). The van der Waals surface area contributed by atoms with E-state index in [0.717, 1.165) is 11.1 Å². The Bertz CT molecular complexity index is 936. The van der Waals surface area contributed by atoms with E-state index in [0.29, 0.717) is 36.6 Å². The van der Waals surface area contributed by atoms with Crippen LogP contribution in [0.25, 0.3) is 0 Å². The van der Waals surface area contributed by atoms with E-state index in [4.69, 9.17) is 9.47 Å². The molecule has 0 saturated heterocycles. The van der Waals surface area contributed by atoms with E-state index in [2.05, 4.69) is 4.72 Å². The molecule has 0 fully saturated rings. The third-order valence-corrected chi connectivity index (χ3v) is 6.95. The van der Waals surface area contributed by atoms with Crippen molar-refractivity contribution in [3.8, 4) is 11.5 Å². The van der Waals surface area contributed by atoms with Gasteiger partial charge >= 0.3 is 0 Å². The summed E-state index contributed by atoms with van der Waals surface area (Å²) in [4.78, 5) is 14.9. The van der Waals surface area contributed by atoms with Crippen molar-refractivity contribution in [2.24, 2.45) is 0 Å². The van der Waals surface area contributed by atoms with Gasteiger partial charge in [0.05, 0.1) is 30.0 Å². The van der Waals surface area contributed by atoms with Crippen LogP contribution in [0.5, 0.6) is 11.5 Å². The molecule has 0 aromatic heterocycles. The molecule has 0 saturated carbocycles. The van der Waals surface area contributed by atoms with Crippen LogP contribution in [0.3, 0.4) is 0 Å². The van der Waals surface area contributed by atoms with E-state index in [-0.39, 0.29) is 11.9 Å². The Morgan fingerprint density at radius 2 is 1.66 bits per heavy atom. The molecule has 2 aromatic carbocycles. The number of amides is 1. The Hall–Kier alpha value is -2.38. The Morgan fingerprint density at radius 3 is 2.22 bits per heavy atom. The lowest BCUT2D eigenvalue weighted by Crippen LogP contribution is -2.37. The van der Waals surface area contributed by atoms with Crippen LogP contribution in [0.1, 0.15) is 62.1 Å². The second-order valence-corrected chi connectivity index (χ2v) is 10.5. The van der Waals surface area contributed by atoms with Crippen LogP contribution >= 0.6 is 0 Å². The van der Waals surface area contributed by atoms with Gasteiger partial charge in [0.1, 0.15) is 0 Å². The smallest absolute Gasteiger partial charge is 0.254 e. The van der Waals surface area contributed by atoms with Crippen LogP contribution in [-0.4, -0.2) is 47.1 Å². The molecule has 2 aromatic rings. The molecule has 176 valence electrons. The summed E-state index contributed by atoms with van der Waals surface area (Å²) in [6, 6.07) is 13.0. The third kappa shape index (κ3) is 6.33. The first-order chi connectivity index (χ1) is 15.2. The molecule has 1 amide bonds.